The molecule has 1 saturated heterocycles. The highest BCUT2D eigenvalue weighted by atomic mass is 32.2. The summed E-state index contributed by atoms with van der Waals surface area (Å²) in [5.74, 6) is 0.152. The van der Waals surface area contributed by atoms with E-state index in [9.17, 15) is 18.5 Å². The fourth-order valence-electron chi connectivity index (χ4n) is 5.81. The van der Waals surface area contributed by atoms with Gasteiger partial charge in [0.1, 0.15) is 17.7 Å². The normalized spacial score (nSPS) is 14.1. The number of likely N-dealkylation sites (tertiary alicyclic amines) is 1. The SMILES string of the molecule is CCOC(=O)CN1CC(Oc2c(C#N)ccc3cn(Cc4c(C)cc(C)c5c4ccn5S(=O)(=O)c4ccc(C)cc4)nc23)C1. The number of carbonyl (C=O) groups is 1. The monoisotopic (exact) mass is 611 g/mol. The molecule has 0 radical (unpaired) electrons. The van der Waals surface area contributed by atoms with E-state index in [1.165, 1.54) is 3.97 Å². The van der Waals surface area contributed by atoms with Crippen molar-refractivity contribution in [1.29, 1.82) is 5.26 Å². The Kier molecular flexibility index (Phi) is 7.65. The van der Waals surface area contributed by atoms with Crippen LogP contribution < -0.4 is 4.74 Å². The number of esters is 1. The number of nitrogens with zero attached hydrogens (tertiary/aromatic N) is 5. The van der Waals surface area contributed by atoms with Crippen molar-refractivity contribution >= 4 is 37.8 Å². The first-order chi connectivity index (χ1) is 21.1. The van der Waals surface area contributed by atoms with Crippen molar-refractivity contribution in [2.45, 2.75) is 45.2 Å². The van der Waals surface area contributed by atoms with Crippen LogP contribution in [-0.4, -0.2) is 65.4 Å². The molecule has 1 aliphatic heterocycles. The van der Waals surface area contributed by atoms with E-state index in [-0.39, 0.29) is 23.5 Å². The molecule has 3 heterocycles. The van der Waals surface area contributed by atoms with Crippen molar-refractivity contribution in [2.24, 2.45) is 0 Å². The molecule has 10 nitrogen and oxygen atoms in total. The van der Waals surface area contributed by atoms with Crippen LogP contribution in [0.5, 0.6) is 5.75 Å². The first-order valence-corrected chi connectivity index (χ1v) is 15.9. The molecule has 1 aliphatic rings. The fourth-order valence-corrected chi connectivity index (χ4v) is 7.23. The van der Waals surface area contributed by atoms with E-state index in [2.05, 4.69) is 6.07 Å². The minimum Gasteiger partial charge on any atom is -0.484 e. The molecular weight excluding hydrogens is 578 g/mol. The molecule has 3 aromatic carbocycles. The molecule has 0 saturated carbocycles. The second-order valence-corrected chi connectivity index (χ2v) is 13.1. The standard InChI is InChI=1S/C33H33N5O5S/c1-5-42-30(39)20-36-17-26(18-36)43-33-24(15-34)8-9-25-16-37(35-31(25)33)19-29-22(3)14-23(4)32-28(29)12-13-38(32)44(40,41)27-10-6-21(2)7-11-27/h6-14,16,26H,5,17-20H2,1-4H3. The number of fused-ring (bicyclic) bond motifs is 2. The molecule has 0 spiro atoms. The number of carbonyl (C=O) groups excluding carboxylic acids is 1. The number of nitriles is 1. The van der Waals surface area contributed by atoms with Crippen molar-refractivity contribution in [2.75, 3.05) is 26.2 Å². The number of hydrogen-bond donors (Lipinski definition) is 0. The van der Waals surface area contributed by atoms with Gasteiger partial charge in [-0.2, -0.15) is 10.4 Å². The Morgan fingerprint density at radius 3 is 2.52 bits per heavy atom. The van der Waals surface area contributed by atoms with Crippen LogP contribution in [0.15, 0.2) is 65.8 Å². The van der Waals surface area contributed by atoms with Gasteiger partial charge in [0, 0.05) is 36.3 Å². The van der Waals surface area contributed by atoms with Crippen molar-refractivity contribution < 1.29 is 22.7 Å². The van der Waals surface area contributed by atoms with Crippen LogP contribution >= 0.6 is 0 Å². The summed E-state index contributed by atoms with van der Waals surface area (Å²) < 4.78 is 41.7. The zero-order chi connectivity index (χ0) is 31.2. The van der Waals surface area contributed by atoms with Crippen molar-refractivity contribution in [3.8, 4) is 11.8 Å². The quantitative estimate of drug-likeness (QED) is 0.220. The first kappa shape index (κ1) is 29.4. The van der Waals surface area contributed by atoms with Gasteiger partial charge in [-0.1, -0.05) is 23.8 Å². The van der Waals surface area contributed by atoms with Gasteiger partial charge in [-0.25, -0.2) is 12.4 Å². The molecule has 0 aliphatic carbocycles. The van der Waals surface area contributed by atoms with Crippen LogP contribution in [0.4, 0.5) is 0 Å². The average molecular weight is 612 g/mol. The maximum Gasteiger partial charge on any atom is 0.320 e. The van der Waals surface area contributed by atoms with Crippen molar-refractivity contribution in [1.82, 2.24) is 18.7 Å². The van der Waals surface area contributed by atoms with Gasteiger partial charge in [0.25, 0.3) is 10.0 Å². The van der Waals surface area contributed by atoms with Crippen molar-refractivity contribution in [3.05, 3.63) is 88.7 Å². The summed E-state index contributed by atoms with van der Waals surface area (Å²) >= 11 is 0. The Morgan fingerprint density at radius 2 is 1.82 bits per heavy atom. The highest BCUT2D eigenvalue weighted by molar-refractivity contribution is 7.90. The number of rotatable bonds is 9. The molecule has 6 rings (SSSR count). The van der Waals surface area contributed by atoms with E-state index < -0.39 is 10.0 Å². The minimum atomic E-state index is -3.80. The molecular formula is C33H33N5O5S. The third-order valence-corrected chi connectivity index (χ3v) is 9.71. The Labute approximate surface area is 256 Å². The van der Waals surface area contributed by atoms with Crippen LogP contribution in [0.2, 0.25) is 0 Å². The van der Waals surface area contributed by atoms with E-state index >= 15 is 0 Å². The maximum absolute atomic E-state index is 13.6. The van der Waals surface area contributed by atoms with Gasteiger partial charge < -0.3 is 9.47 Å². The number of hydrogen-bond acceptors (Lipinski definition) is 8. The lowest BCUT2D eigenvalue weighted by Crippen LogP contribution is -2.55. The first-order valence-electron chi connectivity index (χ1n) is 14.5. The van der Waals surface area contributed by atoms with Crippen LogP contribution in [0, 0.1) is 32.1 Å². The number of aromatic nitrogens is 3. The number of benzene rings is 3. The van der Waals surface area contributed by atoms with E-state index in [1.807, 2.05) is 50.1 Å². The third-order valence-electron chi connectivity index (χ3n) is 8.02. The second kappa shape index (κ2) is 11.4. The molecule has 226 valence electrons. The minimum absolute atomic E-state index is 0.179. The Balaban J connectivity index is 1.31. The van der Waals surface area contributed by atoms with Gasteiger partial charge in [-0.3, -0.25) is 14.4 Å². The Bertz CT molecular complexity index is 2050. The number of aryl methyl sites for hydroxylation is 3. The van der Waals surface area contributed by atoms with Crippen LogP contribution in [-0.2, 0) is 26.1 Å². The zero-order valence-corrected chi connectivity index (χ0v) is 25.9. The predicted molar refractivity (Wildman–Crippen MR) is 166 cm³/mol. The molecule has 0 atom stereocenters. The summed E-state index contributed by atoms with van der Waals surface area (Å²) in [5, 5.41) is 16.3. The molecule has 5 aromatic rings. The topological polar surface area (TPSA) is 119 Å². The summed E-state index contributed by atoms with van der Waals surface area (Å²) in [6.45, 7) is 9.66. The maximum atomic E-state index is 13.6. The van der Waals surface area contributed by atoms with Gasteiger partial charge in [0.05, 0.1) is 35.7 Å². The van der Waals surface area contributed by atoms with Gasteiger partial charge in [0.2, 0.25) is 0 Å². The van der Waals surface area contributed by atoms with E-state index in [1.54, 1.807) is 48.1 Å². The summed E-state index contributed by atoms with van der Waals surface area (Å²) in [7, 11) is -3.80. The molecule has 0 bridgehead atoms. The molecule has 2 aromatic heterocycles. The van der Waals surface area contributed by atoms with Crippen LogP contribution in [0.25, 0.3) is 21.8 Å². The average Bonchev–Trinajstić information content (AvgIpc) is 3.60. The van der Waals surface area contributed by atoms with Gasteiger partial charge in [-0.15, -0.1) is 0 Å². The predicted octanol–water partition coefficient (Wildman–Crippen LogP) is 4.70. The van der Waals surface area contributed by atoms with E-state index in [4.69, 9.17) is 14.6 Å². The number of ether oxygens (including phenoxy) is 2. The van der Waals surface area contributed by atoms with E-state index in [0.29, 0.717) is 48.6 Å². The van der Waals surface area contributed by atoms with Crippen LogP contribution in [0.1, 0.15) is 34.7 Å². The molecule has 1 fully saturated rings. The smallest absolute Gasteiger partial charge is 0.320 e. The molecule has 11 heteroatoms. The van der Waals surface area contributed by atoms with Gasteiger partial charge in [-0.05, 0) is 74.7 Å². The highest BCUT2D eigenvalue weighted by Gasteiger charge is 2.32. The molecule has 0 unspecified atom stereocenters. The largest absolute Gasteiger partial charge is 0.484 e. The Morgan fingerprint density at radius 1 is 1.07 bits per heavy atom. The summed E-state index contributed by atoms with van der Waals surface area (Å²) in [5.41, 5.74) is 5.42. The summed E-state index contributed by atoms with van der Waals surface area (Å²) in [4.78, 5) is 14.0. The van der Waals surface area contributed by atoms with E-state index in [0.717, 1.165) is 33.0 Å². The summed E-state index contributed by atoms with van der Waals surface area (Å²) in [6, 6.07) is 16.5. The second-order valence-electron chi connectivity index (χ2n) is 11.2. The molecule has 0 amide bonds. The lowest BCUT2D eigenvalue weighted by Gasteiger charge is -2.38. The molecule has 0 N–H and O–H groups in total. The third kappa shape index (κ3) is 5.31. The highest BCUT2D eigenvalue weighted by Crippen LogP contribution is 2.33. The summed E-state index contributed by atoms with van der Waals surface area (Å²) in [6.07, 6.45) is 3.34. The van der Waals surface area contributed by atoms with Gasteiger partial charge >= 0.3 is 5.97 Å². The van der Waals surface area contributed by atoms with Crippen LogP contribution in [0.3, 0.4) is 0 Å². The Hall–Kier alpha value is -4.66. The van der Waals surface area contributed by atoms with Gasteiger partial charge in [0.15, 0.2) is 5.75 Å². The lowest BCUT2D eigenvalue weighted by molar-refractivity contribution is -0.146. The fraction of sp³-hybridized carbons (Fsp3) is 0.303. The lowest BCUT2D eigenvalue weighted by atomic mass is 10.0. The van der Waals surface area contributed by atoms with Crippen molar-refractivity contribution in [3.63, 3.8) is 0 Å². The molecule has 44 heavy (non-hydrogen) atoms. The zero-order valence-electron chi connectivity index (χ0n) is 25.1.